The zero-order valence-corrected chi connectivity index (χ0v) is 24.8. The molecular formula is C30H36ClN3O5S. The molecule has 0 aliphatic heterocycles. The van der Waals surface area contributed by atoms with E-state index in [1.54, 1.807) is 37.3 Å². The van der Waals surface area contributed by atoms with E-state index in [2.05, 4.69) is 5.32 Å². The lowest BCUT2D eigenvalue weighted by atomic mass is 10.1. The van der Waals surface area contributed by atoms with Gasteiger partial charge >= 0.3 is 0 Å². The summed E-state index contributed by atoms with van der Waals surface area (Å²) in [5, 5.41) is 3.20. The molecule has 3 aromatic carbocycles. The third kappa shape index (κ3) is 7.76. The van der Waals surface area contributed by atoms with Gasteiger partial charge < -0.3 is 15.0 Å². The smallest absolute Gasteiger partial charge is 0.264 e. The largest absolute Gasteiger partial charge is 0.495 e. The fourth-order valence-corrected chi connectivity index (χ4v) is 5.73. The van der Waals surface area contributed by atoms with E-state index in [0.717, 1.165) is 16.3 Å². The Kier molecular flexibility index (Phi) is 11.0. The van der Waals surface area contributed by atoms with Crippen molar-refractivity contribution in [2.75, 3.05) is 24.5 Å². The van der Waals surface area contributed by atoms with E-state index >= 15 is 0 Å². The number of nitrogens with zero attached hydrogens (tertiary/aromatic N) is 2. The molecule has 2 atom stereocenters. The molecule has 8 nitrogen and oxygen atoms in total. The monoisotopic (exact) mass is 585 g/mol. The summed E-state index contributed by atoms with van der Waals surface area (Å²) < 4.78 is 34.3. The van der Waals surface area contributed by atoms with E-state index in [9.17, 15) is 18.0 Å². The first-order chi connectivity index (χ1) is 19.1. The third-order valence-electron chi connectivity index (χ3n) is 6.67. The number of amides is 2. The Morgan fingerprint density at radius 3 is 2.20 bits per heavy atom. The maximum atomic E-state index is 14.0. The number of rotatable bonds is 13. The molecule has 0 aromatic heterocycles. The number of benzene rings is 3. The first kappa shape index (κ1) is 31.0. The third-order valence-corrected chi connectivity index (χ3v) is 8.68. The number of halogens is 1. The predicted molar refractivity (Wildman–Crippen MR) is 158 cm³/mol. The van der Waals surface area contributed by atoms with Crippen LogP contribution < -0.4 is 14.4 Å². The molecule has 3 aromatic rings. The summed E-state index contributed by atoms with van der Waals surface area (Å²) in [5.74, 6) is -0.618. The Balaban J connectivity index is 2.03. The average Bonchev–Trinajstić information content (AvgIpc) is 2.96. The van der Waals surface area contributed by atoms with Gasteiger partial charge in [-0.2, -0.15) is 0 Å². The molecule has 0 bridgehead atoms. The van der Waals surface area contributed by atoms with Crippen molar-refractivity contribution in [1.29, 1.82) is 0 Å². The van der Waals surface area contributed by atoms with Gasteiger partial charge in [-0.15, -0.1) is 0 Å². The molecule has 3 rings (SSSR count). The SMILES string of the molecule is CC[C@@H](C)NC(=O)[C@@H](C)N(CCc1ccccc1)C(=O)CN(c1cc(Cl)ccc1OC)S(=O)(=O)c1ccccc1. The van der Waals surface area contributed by atoms with E-state index in [4.69, 9.17) is 16.3 Å². The molecule has 2 amide bonds. The lowest BCUT2D eigenvalue weighted by Crippen LogP contribution is -2.53. The zero-order valence-electron chi connectivity index (χ0n) is 23.2. The maximum Gasteiger partial charge on any atom is 0.264 e. The van der Waals surface area contributed by atoms with Crippen LogP contribution in [0.15, 0.2) is 83.8 Å². The zero-order chi connectivity index (χ0) is 29.3. The molecule has 214 valence electrons. The van der Waals surface area contributed by atoms with Gasteiger partial charge in [0, 0.05) is 17.6 Å². The number of carbonyl (C=O) groups excluding carboxylic acids is 2. The standard InChI is InChI=1S/C30H36ClN3O5S/c1-5-22(2)32-30(36)23(3)33(19-18-24-12-8-6-9-13-24)29(35)21-34(27-20-25(31)16-17-28(27)39-4)40(37,38)26-14-10-7-11-15-26/h6-17,20,22-23H,5,18-19,21H2,1-4H3,(H,32,36)/t22-,23-/m1/s1. The molecule has 0 saturated heterocycles. The summed E-state index contributed by atoms with van der Waals surface area (Å²) in [6, 6.07) is 21.1. The van der Waals surface area contributed by atoms with Gasteiger partial charge in [-0.25, -0.2) is 8.42 Å². The summed E-state index contributed by atoms with van der Waals surface area (Å²) in [4.78, 5) is 28.5. The Morgan fingerprint density at radius 2 is 1.60 bits per heavy atom. The molecular weight excluding hydrogens is 550 g/mol. The highest BCUT2D eigenvalue weighted by molar-refractivity contribution is 7.92. The van der Waals surface area contributed by atoms with Gasteiger partial charge in [-0.1, -0.05) is 67.1 Å². The summed E-state index contributed by atoms with van der Waals surface area (Å²) in [7, 11) is -2.81. The Morgan fingerprint density at radius 1 is 0.975 bits per heavy atom. The quantitative estimate of drug-likeness (QED) is 0.307. The number of hydrogen-bond acceptors (Lipinski definition) is 5. The Labute approximate surface area is 241 Å². The number of carbonyl (C=O) groups is 2. The lowest BCUT2D eigenvalue weighted by Gasteiger charge is -2.32. The van der Waals surface area contributed by atoms with Crippen LogP contribution >= 0.6 is 11.6 Å². The van der Waals surface area contributed by atoms with Gasteiger partial charge in [0.25, 0.3) is 10.0 Å². The second-order valence-electron chi connectivity index (χ2n) is 9.46. The van der Waals surface area contributed by atoms with Crippen LogP contribution in [-0.4, -0.2) is 57.4 Å². The number of ether oxygens (including phenoxy) is 1. The Bertz CT molecular complexity index is 1390. The van der Waals surface area contributed by atoms with E-state index in [0.29, 0.717) is 6.42 Å². The van der Waals surface area contributed by atoms with Crippen molar-refractivity contribution in [2.24, 2.45) is 0 Å². The van der Waals surface area contributed by atoms with Crippen molar-refractivity contribution < 1.29 is 22.7 Å². The summed E-state index contributed by atoms with van der Waals surface area (Å²) in [6.45, 7) is 5.14. The van der Waals surface area contributed by atoms with Crippen LogP contribution in [-0.2, 0) is 26.0 Å². The highest BCUT2D eigenvalue weighted by atomic mass is 35.5. The van der Waals surface area contributed by atoms with Crippen LogP contribution in [0.5, 0.6) is 5.75 Å². The summed E-state index contributed by atoms with van der Waals surface area (Å²) in [6.07, 6.45) is 1.22. The molecule has 0 fully saturated rings. The van der Waals surface area contributed by atoms with E-state index in [-0.39, 0.29) is 39.8 Å². The van der Waals surface area contributed by atoms with E-state index < -0.39 is 28.5 Å². The van der Waals surface area contributed by atoms with Crippen LogP contribution in [0.4, 0.5) is 5.69 Å². The molecule has 0 spiro atoms. The first-order valence-corrected chi connectivity index (χ1v) is 14.9. The molecule has 0 saturated carbocycles. The minimum atomic E-state index is -4.22. The van der Waals surface area contributed by atoms with Gasteiger partial charge in [-0.3, -0.25) is 13.9 Å². The van der Waals surface area contributed by atoms with Crippen LogP contribution in [0.25, 0.3) is 0 Å². The molecule has 1 N–H and O–H groups in total. The van der Waals surface area contributed by atoms with Gasteiger partial charge in [-0.05, 0) is 62.6 Å². The first-order valence-electron chi connectivity index (χ1n) is 13.1. The topological polar surface area (TPSA) is 96.0 Å². The van der Waals surface area contributed by atoms with Gasteiger partial charge in [0.15, 0.2) is 0 Å². The van der Waals surface area contributed by atoms with Crippen molar-refractivity contribution >= 4 is 39.1 Å². The molecule has 0 aliphatic rings. The normalized spacial score (nSPS) is 12.7. The highest BCUT2D eigenvalue weighted by Gasteiger charge is 2.34. The molecule has 0 aliphatic carbocycles. The summed E-state index contributed by atoms with van der Waals surface area (Å²) >= 11 is 6.26. The van der Waals surface area contributed by atoms with E-state index in [1.807, 2.05) is 44.2 Å². The number of hydrogen-bond donors (Lipinski definition) is 1. The van der Waals surface area contributed by atoms with Crippen LogP contribution in [0.1, 0.15) is 32.8 Å². The average molecular weight is 586 g/mol. The Hall–Kier alpha value is -3.56. The fourth-order valence-electron chi connectivity index (χ4n) is 4.13. The lowest BCUT2D eigenvalue weighted by molar-refractivity contribution is -0.139. The second kappa shape index (κ2) is 14.2. The predicted octanol–water partition coefficient (Wildman–Crippen LogP) is 4.92. The molecule has 0 unspecified atom stereocenters. The highest BCUT2D eigenvalue weighted by Crippen LogP contribution is 2.35. The van der Waals surface area contributed by atoms with Crippen molar-refractivity contribution in [1.82, 2.24) is 10.2 Å². The maximum absolute atomic E-state index is 14.0. The van der Waals surface area contributed by atoms with E-state index in [1.165, 1.54) is 30.2 Å². The van der Waals surface area contributed by atoms with Gasteiger partial charge in [0.2, 0.25) is 11.8 Å². The van der Waals surface area contributed by atoms with Crippen molar-refractivity contribution in [2.45, 2.75) is 50.6 Å². The molecule has 0 radical (unpaired) electrons. The second-order valence-corrected chi connectivity index (χ2v) is 11.8. The molecule has 10 heteroatoms. The number of sulfonamides is 1. The number of methoxy groups -OCH3 is 1. The minimum absolute atomic E-state index is 0.00299. The van der Waals surface area contributed by atoms with Crippen molar-refractivity contribution in [3.63, 3.8) is 0 Å². The molecule has 40 heavy (non-hydrogen) atoms. The number of nitrogens with one attached hydrogen (secondary N) is 1. The van der Waals surface area contributed by atoms with Crippen LogP contribution in [0, 0.1) is 0 Å². The number of anilines is 1. The van der Waals surface area contributed by atoms with Crippen molar-refractivity contribution in [3.8, 4) is 5.75 Å². The fraction of sp³-hybridized carbons (Fsp3) is 0.333. The minimum Gasteiger partial charge on any atom is -0.495 e. The summed E-state index contributed by atoms with van der Waals surface area (Å²) in [5.41, 5.74) is 1.10. The van der Waals surface area contributed by atoms with Gasteiger partial charge in [0.05, 0.1) is 17.7 Å². The molecule has 0 heterocycles. The van der Waals surface area contributed by atoms with Gasteiger partial charge in [0.1, 0.15) is 18.3 Å². The van der Waals surface area contributed by atoms with Crippen LogP contribution in [0.2, 0.25) is 5.02 Å². The van der Waals surface area contributed by atoms with Crippen molar-refractivity contribution in [3.05, 3.63) is 89.4 Å². The van der Waals surface area contributed by atoms with Crippen LogP contribution in [0.3, 0.4) is 0 Å².